The fourth-order valence-corrected chi connectivity index (χ4v) is 1.92. The van der Waals surface area contributed by atoms with Crippen LogP contribution in [0.2, 0.25) is 0 Å². The van der Waals surface area contributed by atoms with E-state index in [2.05, 4.69) is 0 Å². The molecule has 0 aliphatic carbocycles. The third-order valence-corrected chi connectivity index (χ3v) is 2.78. The van der Waals surface area contributed by atoms with E-state index in [1.807, 2.05) is 30.3 Å². The summed E-state index contributed by atoms with van der Waals surface area (Å²) in [6, 6.07) is 11.0. The van der Waals surface area contributed by atoms with Crippen LogP contribution in [-0.2, 0) is 0 Å². The molecular formula is C14H15NO3. The minimum absolute atomic E-state index is 0.0870. The SMILES string of the molecule is COc1ccc2cccc(C(=O)CC(N)O)c2c1. The molecule has 0 aliphatic heterocycles. The first-order chi connectivity index (χ1) is 8.61. The summed E-state index contributed by atoms with van der Waals surface area (Å²) in [5, 5.41) is 10.8. The fourth-order valence-electron chi connectivity index (χ4n) is 1.92. The lowest BCUT2D eigenvalue weighted by Crippen LogP contribution is -2.22. The molecule has 0 fully saturated rings. The van der Waals surface area contributed by atoms with Crippen molar-refractivity contribution in [1.82, 2.24) is 0 Å². The molecule has 0 aliphatic rings. The highest BCUT2D eigenvalue weighted by atomic mass is 16.5. The van der Waals surface area contributed by atoms with Crippen LogP contribution >= 0.6 is 0 Å². The number of fused-ring (bicyclic) bond motifs is 1. The average Bonchev–Trinajstić information content (AvgIpc) is 2.36. The number of hydrogen-bond donors (Lipinski definition) is 2. The zero-order chi connectivity index (χ0) is 13.1. The maximum absolute atomic E-state index is 12.0. The molecular weight excluding hydrogens is 230 g/mol. The molecule has 18 heavy (non-hydrogen) atoms. The summed E-state index contributed by atoms with van der Waals surface area (Å²) >= 11 is 0. The van der Waals surface area contributed by atoms with Gasteiger partial charge in [-0.15, -0.1) is 0 Å². The normalized spacial score (nSPS) is 12.4. The molecule has 0 saturated carbocycles. The molecule has 94 valence electrons. The van der Waals surface area contributed by atoms with Gasteiger partial charge >= 0.3 is 0 Å². The molecule has 2 aromatic carbocycles. The first-order valence-electron chi connectivity index (χ1n) is 5.65. The van der Waals surface area contributed by atoms with Crippen LogP contribution < -0.4 is 10.5 Å². The molecule has 0 radical (unpaired) electrons. The average molecular weight is 245 g/mol. The molecule has 3 N–H and O–H groups in total. The van der Waals surface area contributed by atoms with Gasteiger partial charge in [-0.2, -0.15) is 0 Å². The number of rotatable bonds is 4. The van der Waals surface area contributed by atoms with Crippen molar-refractivity contribution in [3.63, 3.8) is 0 Å². The summed E-state index contributed by atoms with van der Waals surface area (Å²) in [6.07, 6.45) is -1.21. The molecule has 2 rings (SSSR count). The first kappa shape index (κ1) is 12.5. The zero-order valence-electron chi connectivity index (χ0n) is 10.1. The monoisotopic (exact) mass is 245 g/mol. The maximum Gasteiger partial charge on any atom is 0.167 e. The number of carbonyl (C=O) groups excluding carboxylic acids is 1. The number of benzene rings is 2. The summed E-state index contributed by atoms with van der Waals surface area (Å²) < 4.78 is 5.15. The molecule has 0 spiro atoms. The molecule has 0 saturated heterocycles. The molecule has 1 unspecified atom stereocenters. The fraction of sp³-hybridized carbons (Fsp3) is 0.214. The van der Waals surface area contributed by atoms with E-state index in [-0.39, 0.29) is 12.2 Å². The minimum Gasteiger partial charge on any atom is -0.497 e. The Morgan fingerprint density at radius 2 is 2.17 bits per heavy atom. The van der Waals surface area contributed by atoms with E-state index in [0.29, 0.717) is 11.3 Å². The number of ether oxygens (including phenoxy) is 1. The second kappa shape index (κ2) is 5.16. The number of nitrogens with two attached hydrogens (primary N) is 1. The molecule has 0 aromatic heterocycles. The standard InChI is InChI=1S/C14H15NO3/c1-18-10-6-5-9-3-2-4-11(12(9)7-10)13(16)8-14(15)17/h2-7,14,17H,8,15H2,1H3. The summed E-state index contributed by atoms with van der Waals surface area (Å²) in [4.78, 5) is 12.0. The number of ketones is 1. The van der Waals surface area contributed by atoms with Gasteiger partial charge in [0.05, 0.1) is 13.5 Å². The van der Waals surface area contributed by atoms with Crippen molar-refractivity contribution in [3.8, 4) is 5.75 Å². The quantitative estimate of drug-likeness (QED) is 0.635. The Bertz CT molecular complexity index is 578. The Morgan fingerprint density at radius 3 is 2.83 bits per heavy atom. The molecule has 1 atom stereocenters. The van der Waals surface area contributed by atoms with Crippen LogP contribution in [0.15, 0.2) is 36.4 Å². The van der Waals surface area contributed by atoms with E-state index in [9.17, 15) is 4.79 Å². The molecule has 4 heteroatoms. The van der Waals surface area contributed by atoms with Crippen LogP contribution in [0.25, 0.3) is 10.8 Å². The number of aliphatic hydroxyl groups is 1. The molecule has 0 bridgehead atoms. The summed E-state index contributed by atoms with van der Waals surface area (Å²) in [5.41, 5.74) is 5.79. The van der Waals surface area contributed by atoms with E-state index in [1.54, 1.807) is 13.2 Å². The first-order valence-corrected chi connectivity index (χ1v) is 5.65. The Kier molecular flexibility index (Phi) is 3.60. The van der Waals surface area contributed by atoms with Gasteiger partial charge in [0.25, 0.3) is 0 Å². The Hall–Kier alpha value is -1.91. The largest absolute Gasteiger partial charge is 0.497 e. The lowest BCUT2D eigenvalue weighted by molar-refractivity contribution is 0.0890. The van der Waals surface area contributed by atoms with E-state index in [4.69, 9.17) is 15.6 Å². The van der Waals surface area contributed by atoms with Crippen molar-refractivity contribution in [3.05, 3.63) is 42.0 Å². The minimum atomic E-state index is -1.13. The van der Waals surface area contributed by atoms with Crippen molar-refractivity contribution in [2.24, 2.45) is 5.73 Å². The van der Waals surface area contributed by atoms with Crippen molar-refractivity contribution in [2.75, 3.05) is 7.11 Å². The highest BCUT2D eigenvalue weighted by Crippen LogP contribution is 2.25. The number of aliphatic hydroxyl groups excluding tert-OH is 1. The molecule has 4 nitrogen and oxygen atoms in total. The van der Waals surface area contributed by atoms with Gasteiger partial charge in [-0.25, -0.2) is 0 Å². The van der Waals surface area contributed by atoms with Gasteiger partial charge in [0.2, 0.25) is 0 Å². The summed E-state index contributed by atoms with van der Waals surface area (Å²) in [6.45, 7) is 0. The Morgan fingerprint density at radius 1 is 1.39 bits per heavy atom. The zero-order valence-corrected chi connectivity index (χ0v) is 10.1. The van der Waals surface area contributed by atoms with Gasteiger partial charge in [0.15, 0.2) is 5.78 Å². The summed E-state index contributed by atoms with van der Waals surface area (Å²) in [7, 11) is 1.58. The van der Waals surface area contributed by atoms with Gasteiger partial charge in [-0.05, 0) is 22.9 Å². The van der Waals surface area contributed by atoms with Crippen molar-refractivity contribution >= 4 is 16.6 Å². The second-order valence-electron chi connectivity index (χ2n) is 4.09. The third-order valence-electron chi connectivity index (χ3n) is 2.78. The Balaban J connectivity index is 2.52. The van der Waals surface area contributed by atoms with E-state index in [1.165, 1.54) is 0 Å². The topological polar surface area (TPSA) is 72.5 Å². The molecule has 2 aromatic rings. The van der Waals surface area contributed by atoms with Gasteiger partial charge < -0.3 is 15.6 Å². The molecule has 0 heterocycles. The number of Topliss-reactive ketones (excluding diaryl/α,β-unsaturated/α-hetero) is 1. The third kappa shape index (κ3) is 2.50. The lowest BCUT2D eigenvalue weighted by Gasteiger charge is -2.08. The van der Waals surface area contributed by atoms with Crippen LogP contribution in [0.3, 0.4) is 0 Å². The second-order valence-corrected chi connectivity index (χ2v) is 4.09. The smallest absolute Gasteiger partial charge is 0.167 e. The van der Waals surface area contributed by atoms with Crippen LogP contribution in [0, 0.1) is 0 Å². The highest BCUT2D eigenvalue weighted by Gasteiger charge is 2.13. The number of methoxy groups -OCH3 is 1. The maximum atomic E-state index is 12.0. The number of carbonyl (C=O) groups is 1. The van der Waals surface area contributed by atoms with Gasteiger partial charge in [-0.1, -0.05) is 24.3 Å². The van der Waals surface area contributed by atoms with E-state index >= 15 is 0 Å². The predicted molar refractivity (Wildman–Crippen MR) is 69.6 cm³/mol. The van der Waals surface area contributed by atoms with Gasteiger partial charge in [0.1, 0.15) is 12.0 Å². The van der Waals surface area contributed by atoms with Crippen LogP contribution in [0.1, 0.15) is 16.8 Å². The predicted octanol–water partition coefficient (Wildman–Crippen LogP) is 1.70. The van der Waals surface area contributed by atoms with Crippen LogP contribution in [0.5, 0.6) is 5.75 Å². The van der Waals surface area contributed by atoms with Crippen molar-refractivity contribution < 1.29 is 14.6 Å². The molecule has 0 amide bonds. The van der Waals surface area contributed by atoms with Crippen LogP contribution in [0.4, 0.5) is 0 Å². The van der Waals surface area contributed by atoms with E-state index in [0.717, 1.165) is 10.8 Å². The number of hydrogen-bond acceptors (Lipinski definition) is 4. The van der Waals surface area contributed by atoms with Crippen molar-refractivity contribution in [2.45, 2.75) is 12.6 Å². The van der Waals surface area contributed by atoms with Crippen molar-refractivity contribution in [1.29, 1.82) is 0 Å². The van der Waals surface area contributed by atoms with E-state index < -0.39 is 6.23 Å². The highest BCUT2D eigenvalue weighted by molar-refractivity contribution is 6.08. The summed E-state index contributed by atoms with van der Waals surface area (Å²) in [5.74, 6) is 0.514. The van der Waals surface area contributed by atoms with Gasteiger partial charge in [-0.3, -0.25) is 4.79 Å². The van der Waals surface area contributed by atoms with Gasteiger partial charge in [0, 0.05) is 5.56 Å². The lowest BCUT2D eigenvalue weighted by atomic mass is 9.99. The van der Waals surface area contributed by atoms with Crippen LogP contribution in [-0.4, -0.2) is 24.2 Å². The Labute approximate surface area is 105 Å².